The summed E-state index contributed by atoms with van der Waals surface area (Å²) in [7, 11) is 0. The summed E-state index contributed by atoms with van der Waals surface area (Å²) < 4.78 is 0. The summed E-state index contributed by atoms with van der Waals surface area (Å²) in [6, 6.07) is 7.14. The number of alkyl halides is 1. The standard InChI is InChI=1S/C14H16ClNO2/c15-10-7-11-4-5-12(8-10)16(11)14(18)9-2-1-3-13(17)6-9/h1-3,6,10-12,17H,4-5,7-8H2. The fraction of sp³-hybridized carbons (Fsp3) is 0.500. The van der Waals surface area contributed by atoms with Crippen LogP contribution in [0.2, 0.25) is 0 Å². The number of halogens is 1. The van der Waals surface area contributed by atoms with E-state index >= 15 is 0 Å². The molecule has 2 aliphatic heterocycles. The van der Waals surface area contributed by atoms with E-state index in [9.17, 15) is 9.90 Å². The number of hydrogen-bond donors (Lipinski definition) is 1. The lowest BCUT2D eigenvalue weighted by molar-refractivity contribution is 0.0599. The van der Waals surface area contributed by atoms with Crippen molar-refractivity contribution in [3.63, 3.8) is 0 Å². The number of aromatic hydroxyl groups is 1. The maximum absolute atomic E-state index is 12.5. The second-order valence-electron chi connectivity index (χ2n) is 5.22. The van der Waals surface area contributed by atoms with Crippen LogP contribution in [0.3, 0.4) is 0 Å². The number of phenols is 1. The van der Waals surface area contributed by atoms with Crippen molar-refractivity contribution >= 4 is 17.5 Å². The zero-order chi connectivity index (χ0) is 12.7. The number of fused-ring (bicyclic) bond motifs is 2. The number of piperidine rings is 1. The molecule has 2 atom stereocenters. The van der Waals surface area contributed by atoms with Gasteiger partial charge in [0.25, 0.3) is 5.91 Å². The van der Waals surface area contributed by atoms with Crippen LogP contribution in [0.25, 0.3) is 0 Å². The molecule has 1 aromatic rings. The molecule has 3 rings (SSSR count). The van der Waals surface area contributed by atoms with E-state index in [-0.39, 0.29) is 29.1 Å². The number of hydrogen-bond acceptors (Lipinski definition) is 2. The lowest BCUT2D eigenvalue weighted by Crippen LogP contribution is -2.46. The summed E-state index contributed by atoms with van der Waals surface area (Å²) in [5, 5.41) is 9.66. The van der Waals surface area contributed by atoms with Gasteiger partial charge in [0.2, 0.25) is 0 Å². The molecule has 0 spiro atoms. The summed E-state index contributed by atoms with van der Waals surface area (Å²) in [5.41, 5.74) is 0.569. The van der Waals surface area contributed by atoms with Gasteiger partial charge >= 0.3 is 0 Å². The number of benzene rings is 1. The summed E-state index contributed by atoms with van der Waals surface area (Å²) in [5.74, 6) is 0.169. The van der Waals surface area contributed by atoms with Crippen LogP contribution in [0.4, 0.5) is 0 Å². The quantitative estimate of drug-likeness (QED) is 0.793. The maximum atomic E-state index is 12.5. The molecule has 18 heavy (non-hydrogen) atoms. The highest BCUT2D eigenvalue weighted by atomic mass is 35.5. The molecule has 0 aromatic heterocycles. The van der Waals surface area contributed by atoms with Gasteiger partial charge in [0.15, 0.2) is 0 Å². The van der Waals surface area contributed by atoms with E-state index in [2.05, 4.69) is 0 Å². The number of carbonyl (C=O) groups excluding carboxylic acids is 1. The van der Waals surface area contributed by atoms with Crippen molar-refractivity contribution in [2.45, 2.75) is 43.1 Å². The molecule has 0 saturated carbocycles. The molecule has 1 amide bonds. The van der Waals surface area contributed by atoms with Gasteiger partial charge < -0.3 is 10.0 Å². The largest absolute Gasteiger partial charge is 0.508 e. The second-order valence-corrected chi connectivity index (χ2v) is 5.83. The van der Waals surface area contributed by atoms with Crippen LogP contribution in [0.5, 0.6) is 5.75 Å². The van der Waals surface area contributed by atoms with Crippen LogP contribution < -0.4 is 0 Å². The van der Waals surface area contributed by atoms with Gasteiger partial charge in [-0.1, -0.05) is 6.07 Å². The van der Waals surface area contributed by atoms with Crippen molar-refractivity contribution in [1.29, 1.82) is 0 Å². The molecule has 3 nitrogen and oxygen atoms in total. The normalized spacial score (nSPS) is 30.5. The van der Waals surface area contributed by atoms with Crippen LogP contribution in [0, 0.1) is 0 Å². The summed E-state index contributed by atoms with van der Waals surface area (Å²) >= 11 is 6.21. The molecular weight excluding hydrogens is 250 g/mol. The van der Waals surface area contributed by atoms with Crippen molar-refractivity contribution in [2.75, 3.05) is 0 Å². The molecule has 2 bridgehead atoms. The minimum Gasteiger partial charge on any atom is -0.508 e. The van der Waals surface area contributed by atoms with Gasteiger partial charge in [0.05, 0.1) is 0 Å². The van der Waals surface area contributed by atoms with Gasteiger partial charge in [-0.3, -0.25) is 4.79 Å². The number of nitrogens with zero attached hydrogens (tertiary/aromatic N) is 1. The first kappa shape index (κ1) is 11.8. The average Bonchev–Trinajstić information content (AvgIpc) is 2.61. The Morgan fingerprint density at radius 2 is 1.94 bits per heavy atom. The summed E-state index contributed by atoms with van der Waals surface area (Å²) in [6.45, 7) is 0. The first-order chi connectivity index (χ1) is 8.65. The predicted molar refractivity (Wildman–Crippen MR) is 70.0 cm³/mol. The number of phenolic OH excluding ortho intramolecular Hbond substituents is 1. The van der Waals surface area contributed by atoms with Gasteiger partial charge in [-0.05, 0) is 43.9 Å². The lowest BCUT2D eigenvalue weighted by Gasteiger charge is -2.37. The lowest BCUT2D eigenvalue weighted by atomic mass is 10.0. The molecule has 2 aliphatic rings. The highest BCUT2D eigenvalue weighted by molar-refractivity contribution is 6.20. The Hall–Kier alpha value is -1.22. The Bertz CT molecular complexity index is 463. The minimum absolute atomic E-state index is 0.0296. The van der Waals surface area contributed by atoms with Crippen LogP contribution in [0.15, 0.2) is 24.3 Å². The zero-order valence-electron chi connectivity index (χ0n) is 10.1. The monoisotopic (exact) mass is 265 g/mol. The van der Waals surface area contributed by atoms with E-state index in [1.807, 2.05) is 4.90 Å². The third-order valence-electron chi connectivity index (χ3n) is 4.00. The minimum atomic E-state index is 0.0296. The highest BCUT2D eigenvalue weighted by Crippen LogP contribution is 2.38. The molecule has 2 heterocycles. The molecular formula is C14H16ClNO2. The Morgan fingerprint density at radius 1 is 1.28 bits per heavy atom. The average molecular weight is 266 g/mol. The van der Waals surface area contributed by atoms with Gasteiger partial charge in [-0.25, -0.2) is 0 Å². The van der Waals surface area contributed by atoms with Crippen molar-refractivity contribution in [1.82, 2.24) is 4.90 Å². The van der Waals surface area contributed by atoms with E-state index in [0.717, 1.165) is 25.7 Å². The van der Waals surface area contributed by atoms with Crippen molar-refractivity contribution in [2.24, 2.45) is 0 Å². The van der Waals surface area contributed by atoms with Gasteiger partial charge in [-0.2, -0.15) is 0 Å². The maximum Gasteiger partial charge on any atom is 0.254 e. The van der Waals surface area contributed by atoms with Gasteiger partial charge in [0.1, 0.15) is 5.75 Å². The molecule has 1 N–H and O–H groups in total. The molecule has 2 saturated heterocycles. The van der Waals surface area contributed by atoms with E-state index in [0.29, 0.717) is 5.56 Å². The fourth-order valence-electron chi connectivity index (χ4n) is 3.23. The molecule has 4 heteroatoms. The van der Waals surface area contributed by atoms with Gasteiger partial charge in [-0.15, -0.1) is 11.6 Å². The van der Waals surface area contributed by atoms with Gasteiger partial charge in [0, 0.05) is 23.0 Å². The van der Waals surface area contributed by atoms with Crippen molar-refractivity contribution in [3.05, 3.63) is 29.8 Å². The fourth-order valence-corrected chi connectivity index (χ4v) is 3.64. The van der Waals surface area contributed by atoms with Crippen LogP contribution >= 0.6 is 11.6 Å². The first-order valence-corrected chi connectivity index (χ1v) is 6.84. The van der Waals surface area contributed by atoms with E-state index in [1.54, 1.807) is 18.2 Å². The Morgan fingerprint density at radius 3 is 2.56 bits per heavy atom. The van der Waals surface area contributed by atoms with Crippen LogP contribution in [0.1, 0.15) is 36.0 Å². The van der Waals surface area contributed by atoms with Crippen molar-refractivity contribution in [3.8, 4) is 5.75 Å². The molecule has 0 radical (unpaired) electrons. The second kappa shape index (κ2) is 4.47. The van der Waals surface area contributed by atoms with E-state index in [4.69, 9.17) is 11.6 Å². The van der Waals surface area contributed by atoms with E-state index in [1.165, 1.54) is 6.07 Å². The number of carbonyl (C=O) groups is 1. The molecule has 2 unspecified atom stereocenters. The van der Waals surface area contributed by atoms with Crippen LogP contribution in [-0.2, 0) is 0 Å². The van der Waals surface area contributed by atoms with E-state index < -0.39 is 0 Å². The third kappa shape index (κ3) is 1.97. The molecule has 1 aromatic carbocycles. The molecule has 96 valence electrons. The number of rotatable bonds is 1. The smallest absolute Gasteiger partial charge is 0.254 e. The SMILES string of the molecule is O=C(c1cccc(O)c1)N1C2CCC1CC(Cl)C2. The van der Waals surface area contributed by atoms with Crippen LogP contribution in [-0.4, -0.2) is 33.4 Å². The predicted octanol–water partition coefficient (Wildman–Crippen LogP) is 2.77. The number of amides is 1. The van der Waals surface area contributed by atoms with Crippen molar-refractivity contribution < 1.29 is 9.90 Å². The Balaban J connectivity index is 1.85. The Kier molecular flexibility index (Phi) is 2.94. The highest BCUT2D eigenvalue weighted by Gasteiger charge is 2.42. The Labute approximate surface area is 111 Å². The zero-order valence-corrected chi connectivity index (χ0v) is 10.8. The third-order valence-corrected chi connectivity index (χ3v) is 4.36. The summed E-state index contributed by atoms with van der Waals surface area (Å²) in [4.78, 5) is 14.5. The molecule has 2 fully saturated rings. The summed E-state index contributed by atoms with van der Waals surface area (Å²) in [6.07, 6.45) is 3.89. The molecule has 0 aliphatic carbocycles. The first-order valence-electron chi connectivity index (χ1n) is 6.41. The topological polar surface area (TPSA) is 40.5 Å².